The fraction of sp³-hybridized carbons (Fsp3) is 0.333. The van der Waals surface area contributed by atoms with Crippen LogP contribution in [0.5, 0.6) is 5.75 Å². The maximum absolute atomic E-state index is 10.6. The Morgan fingerprint density at radius 3 is 2.54 bits per heavy atom. The van der Waals surface area contributed by atoms with E-state index in [1.54, 1.807) is 0 Å². The molecule has 0 aliphatic rings. The maximum atomic E-state index is 10.6. The number of nitro groups is 1. The molecule has 1 N–H and O–H groups in total. The summed E-state index contributed by atoms with van der Waals surface area (Å²) in [7, 11) is 0. The molecule has 0 bridgehead atoms. The lowest BCUT2D eigenvalue weighted by Crippen LogP contribution is -1.96. The molecular formula is C9H11NO3. The zero-order valence-corrected chi connectivity index (χ0v) is 7.52. The predicted octanol–water partition coefficient (Wildman–Crippen LogP) is 2.42. The van der Waals surface area contributed by atoms with Crippen LogP contribution in [0.15, 0.2) is 18.2 Å². The smallest absolute Gasteiger partial charge is 0.273 e. The van der Waals surface area contributed by atoms with Gasteiger partial charge in [0.25, 0.3) is 5.69 Å². The van der Waals surface area contributed by atoms with Crippen LogP contribution < -0.4 is 0 Å². The number of nitrogens with zero attached hydrogens (tertiary/aromatic N) is 1. The van der Waals surface area contributed by atoms with Crippen LogP contribution in [0.1, 0.15) is 25.3 Å². The van der Waals surface area contributed by atoms with E-state index in [-0.39, 0.29) is 17.4 Å². The quantitative estimate of drug-likeness (QED) is 0.562. The second kappa shape index (κ2) is 3.43. The maximum Gasteiger partial charge on any atom is 0.273 e. The Labute approximate surface area is 76.0 Å². The van der Waals surface area contributed by atoms with Crippen molar-refractivity contribution < 1.29 is 10.0 Å². The van der Waals surface area contributed by atoms with Crippen molar-refractivity contribution in [3.63, 3.8) is 0 Å². The van der Waals surface area contributed by atoms with Crippen molar-refractivity contribution in [2.24, 2.45) is 0 Å². The summed E-state index contributed by atoms with van der Waals surface area (Å²) in [5.74, 6) is 0.0989. The van der Waals surface area contributed by atoms with Crippen molar-refractivity contribution >= 4 is 5.69 Å². The first kappa shape index (κ1) is 9.51. The molecule has 0 spiro atoms. The summed E-state index contributed by atoms with van der Waals surface area (Å²) in [5, 5.41) is 19.7. The van der Waals surface area contributed by atoms with Crippen LogP contribution >= 0.6 is 0 Å². The van der Waals surface area contributed by atoms with Crippen LogP contribution in [-0.2, 0) is 0 Å². The van der Waals surface area contributed by atoms with E-state index >= 15 is 0 Å². The molecule has 0 saturated carbocycles. The first-order chi connectivity index (χ1) is 6.02. The summed E-state index contributed by atoms with van der Waals surface area (Å²) >= 11 is 0. The van der Waals surface area contributed by atoms with Gasteiger partial charge in [0.15, 0.2) is 0 Å². The van der Waals surface area contributed by atoms with Gasteiger partial charge in [0.05, 0.1) is 4.92 Å². The molecule has 0 atom stereocenters. The van der Waals surface area contributed by atoms with E-state index in [2.05, 4.69) is 0 Å². The van der Waals surface area contributed by atoms with Crippen LogP contribution in [0.4, 0.5) is 5.69 Å². The van der Waals surface area contributed by atoms with E-state index in [1.807, 2.05) is 13.8 Å². The largest absolute Gasteiger partial charge is 0.508 e. The molecule has 1 aromatic rings. The van der Waals surface area contributed by atoms with Gasteiger partial charge >= 0.3 is 0 Å². The fourth-order valence-electron chi connectivity index (χ4n) is 1.17. The van der Waals surface area contributed by atoms with E-state index in [9.17, 15) is 10.1 Å². The molecule has 1 aromatic carbocycles. The number of hydrogen-bond donors (Lipinski definition) is 1. The van der Waals surface area contributed by atoms with Gasteiger partial charge in [-0.1, -0.05) is 13.8 Å². The third-order valence-electron chi connectivity index (χ3n) is 1.83. The zero-order valence-electron chi connectivity index (χ0n) is 7.52. The SMILES string of the molecule is CC(C)c1cc(O)ccc1[N+](=O)[O-]. The average molecular weight is 181 g/mol. The molecular weight excluding hydrogens is 170 g/mol. The zero-order chi connectivity index (χ0) is 10.0. The number of phenolic OH excluding ortho intramolecular Hbond substituents is 1. The van der Waals surface area contributed by atoms with Gasteiger partial charge in [-0.25, -0.2) is 0 Å². The van der Waals surface area contributed by atoms with Gasteiger partial charge in [0.2, 0.25) is 0 Å². The molecule has 0 saturated heterocycles. The van der Waals surface area contributed by atoms with Gasteiger partial charge in [0, 0.05) is 11.6 Å². The van der Waals surface area contributed by atoms with Crippen molar-refractivity contribution in [3.05, 3.63) is 33.9 Å². The average Bonchev–Trinajstić information content (AvgIpc) is 2.03. The summed E-state index contributed by atoms with van der Waals surface area (Å²) < 4.78 is 0. The van der Waals surface area contributed by atoms with Crippen molar-refractivity contribution in [3.8, 4) is 5.75 Å². The number of benzene rings is 1. The highest BCUT2D eigenvalue weighted by molar-refractivity contribution is 5.46. The Kier molecular flexibility index (Phi) is 2.51. The Morgan fingerprint density at radius 1 is 1.46 bits per heavy atom. The molecule has 0 amide bonds. The highest BCUT2D eigenvalue weighted by Gasteiger charge is 2.16. The Hall–Kier alpha value is -1.58. The highest BCUT2D eigenvalue weighted by atomic mass is 16.6. The fourth-order valence-corrected chi connectivity index (χ4v) is 1.17. The summed E-state index contributed by atoms with van der Waals surface area (Å²) in [5.41, 5.74) is 0.623. The molecule has 0 radical (unpaired) electrons. The second-order valence-electron chi connectivity index (χ2n) is 3.15. The third kappa shape index (κ3) is 1.96. The van der Waals surface area contributed by atoms with Crippen molar-refractivity contribution in [2.45, 2.75) is 19.8 Å². The highest BCUT2D eigenvalue weighted by Crippen LogP contribution is 2.29. The Balaban J connectivity index is 3.26. The molecule has 4 heteroatoms. The number of nitro benzene ring substituents is 1. The monoisotopic (exact) mass is 181 g/mol. The first-order valence-corrected chi connectivity index (χ1v) is 3.99. The Bertz CT molecular complexity index is 334. The van der Waals surface area contributed by atoms with Gasteiger partial charge in [-0.2, -0.15) is 0 Å². The molecule has 0 aliphatic heterocycles. The van der Waals surface area contributed by atoms with E-state index in [0.29, 0.717) is 5.56 Å². The summed E-state index contributed by atoms with van der Waals surface area (Å²) in [6, 6.07) is 4.08. The summed E-state index contributed by atoms with van der Waals surface area (Å²) in [6.45, 7) is 3.70. The van der Waals surface area contributed by atoms with Crippen molar-refractivity contribution in [1.82, 2.24) is 0 Å². The third-order valence-corrected chi connectivity index (χ3v) is 1.83. The number of phenols is 1. The molecule has 0 unspecified atom stereocenters. The lowest BCUT2D eigenvalue weighted by Gasteiger charge is -2.06. The molecule has 0 aromatic heterocycles. The van der Waals surface area contributed by atoms with Crippen molar-refractivity contribution in [1.29, 1.82) is 0 Å². The van der Waals surface area contributed by atoms with Crippen LogP contribution in [0.3, 0.4) is 0 Å². The minimum atomic E-state index is -0.436. The van der Waals surface area contributed by atoms with Crippen LogP contribution in [0.2, 0.25) is 0 Å². The van der Waals surface area contributed by atoms with Crippen LogP contribution in [0, 0.1) is 10.1 Å². The standard InChI is InChI=1S/C9H11NO3/c1-6(2)8-5-7(11)3-4-9(8)10(12)13/h3-6,11H,1-2H3. The lowest BCUT2D eigenvalue weighted by atomic mass is 10.0. The molecule has 1 rings (SSSR count). The molecule has 4 nitrogen and oxygen atoms in total. The minimum absolute atomic E-state index is 0.0347. The molecule has 70 valence electrons. The van der Waals surface area contributed by atoms with E-state index in [1.165, 1.54) is 18.2 Å². The number of hydrogen-bond acceptors (Lipinski definition) is 3. The molecule has 0 aliphatic carbocycles. The van der Waals surface area contributed by atoms with Crippen LogP contribution in [0.25, 0.3) is 0 Å². The summed E-state index contributed by atoms with van der Waals surface area (Å²) in [4.78, 5) is 10.1. The molecule has 13 heavy (non-hydrogen) atoms. The Morgan fingerprint density at radius 2 is 2.08 bits per heavy atom. The van der Waals surface area contributed by atoms with Gasteiger partial charge in [-0.15, -0.1) is 0 Å². The topological polar surface area (TPSA) is 63.4 Å². The normalized spacial score (nSPS) is 10.4. The van der Waals surface area contributed by atoms with Gasteiger partial charge < -0.3 is 5.11 Å². The van der Waals surface area contributed by atoms with Gasteiger partial charge in [0.1, 0.15) is 5.75 Å². The van der Waals surface area contributed by atoms with Crippen molar-refractivity contribution in [2.75, 3.05) is 0 Å². The summed E-state index contributed by atoms with van der Waals surface area (Å²) in [6.07, 6.45) is 0. The second-order valence-corrected chi connectivity index (χ2v) is 3.15. The van der Waals surface area contributed by atoms with E-state index in [0.717, 1.165) is 0 Å². The van der Waals surface area contributed by atoms with Gasteiger partial charge in [-0.3, -0.25) is 10.1 Å². The van der Waals surface area contributed by atoms with E-state index in [4.69, 9.17) is 5.11 Å². The van der Waals surface area contributed by atoms with Crippen LogP contribution in [-0.4, -0.2) is 10.0 Å². The molecule has 0 heterocycles. The number of rotatable bonds is 2. The molecule has 0 fully saturated rings. The number of aromatic hydroxyl groups is 1. The lowest BCUT2D eigenvalue weighted by molar-refractivity contribution is -0.385. The van der Waals surface area contributed by atoms with E-state index < -0.39 is 4.92 Å². The predicted molar refractivity (Wildman–Crippen MR) is 48.9 cm³/mol. The minimum Gasteiger partial charge on any atom is -0.508 e. The first-order valence-electron chi connectivity index (χ1n) is 3.99. The van der Waals surface area contributed by atoms with Gasteiger partial charge in [-0.05, 0) is 18.1 Å².